The molecule has 158 valence electrons. The van der Waals surface area contributed by atoms with Crippen LogP contribution in [0.25, 0.3) is 6.08 Å². The number of nitrogens with zero attached hydrogens (tertiary/aromatic N) is 1. The lowest BCUT2D eigenvalue weighted by atomic mass is 10.1. The second kappa shape index (κ2) is 9.85. The Kier molecular flexibility index (Phi) is 7.21. The minimum atomic E-state index is -0.274. The maximum Gasteiger partial charge on any atom is 0.293 e. The second-order valence-electron chi connectivity index (χ2n) is 7.60. The van der Waals surface area contributed by atoms with E-state index in [0.29, 0.717) is 35.5 Å². The molecule has 1 saturated heterocycles. The number of hydrogen-bond donors (Lipinski definition) is 0. The van der Waals surface area contributed by atoms with Crippen molar-refractivity contribution in [2.45, 2.75) is 34.2 Å². The lowest BCUT2D eigenvalue weighted by Crippen LogP contribution is -2.27. The Morgan fingerprint density at radius 2 is 1.77 bits per heavy atom. The van der Waals surface area contributed by atoms with Gasteiger partial charge in [0.05, 0.1) is 24.7 Å². The summed E-state index contributed by atoms with van der Waals surface area (Å²) in [6.07, 6.45) is 1.73. The van der Waals surface area contributed by atoms with Gasteiger partial charge in [-0.05, 0) is 60.9 Å². The zero-order valence-electron chi connectivity index (χ0n) is 17.8. The van der Waals surface area contributed by atoms with Crippen LogP contribution in [0, 0.1) is 12.8 Å². The maximum absolute atomic E-state index is 12.8. The van der Waals surface area contributed by atoms with Crippen molar-refractivity contribution in [3.8, 4) is 11.5 Å². The monoisotopic (exact) mass is 425 g/mol. The van der Waals surface area contributed by atoms with Crippen LogP contribution in [-0.4, -0.2) is 29.3 Å². The van der Waals surface area contributed by atoms with Gasteiger partial charge >= 0.3 is 0 Å². The van der Waals surface area contributed by atoms with Gasteiger partial charge in [0.2, 0.25) is 0 Å². The summed E-state index contributed by atoms with van der Waals surface area (Å²) >= 11 is 0.963. The Morgan fingerprint density at radius 3 is 2.43 bits per heavy atom. The van der Waals surface area contributed by atoms with Gasteiger partial charge in [-0.1, -0.05) is 49.7 Å². The van der Waals surface area contributed by atoms with Gasteiger partial charge < -0.3 is 9.47 Å². The first-order valence-electron chi connectivity index (χ1n) is 10.1. The number of imide groups is 1. The van der Waals surface area contributed by atoms with Crippen LogP contribution in [0.2, 0.25) is 0 Å². The van der Waals surface area contributed by atoms with Crippen LogP contribution in [0.5, 0.6) is 11.5 Å². The van der Waals surface area contributed by atoms with E-state index in [9.17, 15) is 9.59 Å². The maximum atomic E-state index is 12.8. The number of carbonyl (C=O) groups is 2. The van der Waals surface area contributed by atoms with E-state index in [4.69, 9.17) is 9.47 Å². The summed E-state index contributed by atoms with van der Waals surface area (Å²) in [6, 6.07) is 13.4. The van der Waals surface area contributed by atoms with Crippen LogP contribution in [0.4, 0.5) is 4.79 Å². The highest BCUT2D eigenvalue weighted by molar-refractivity contribution is 8.18. The third-order valence-electron chi connectivity index (χ3n) is 4.47. The van der Waals surface area contributed by atoms with Gasteiger partial charge in [0, 0.05) is 0 Å². The van der Waals surface area contributed by atoms with Crippen LogP contribution in [-0.2, 0) is 11.3 Å². The fourth-order valence-electron chi connectivity index (χ4n) is 2.92. The molecule has 2 amide bonds. The minimum Gasteiger partial charge on any atom is -0.490 e. The van der Waals surface area contributed by atoms with Gasteiger partial charge in [0.1, 0.15) is 0 Å². The van der Waals surface area contributed by atoms with Crippen LogP contribution < -0.4 is 9.47 Å². The molecule has 3 rings (SSSR count). The molecule has 0 unspecified atom stereocenters. The third kappa shape index (κ3) is 5.45. The number of aryl methyl sites for hydroxylation is 1. The lowest BCUT2D eigenvalue weighted by molar-refractivity contribution is -0.123. The first kappa shape index (κ1) is 22.0. The predicted molar refractivity (Wildman–Crippen MR) is 121 cm³/mol. The average Bonchev–Trinajstić information content (AvgIpc) is 2.96. The Morgan fingerprint density at radius 1 is 1.03 bits per heavy atom. The lowest BCUT2D eigenvalue weighted by Gasteiger charge is -2.14. The van der Waals surface area contributed by atoms with Crippen molar-refractivity contribution < 1.29 is 19.1 Å². The number of thioether (sulfide) groups is 1. The summed E-state index contributed by atoms with van der Waals surface area (Å²) in [5, 5.41) is -0.256. The molecule has 0 spiro atoms. The van der Waals surface area contributed by atoms with E-state index < -0.39 is 0 Å². The molecule has 0 atom stereocenters. The summed E-state index contributed by atoms with van der Waals surface area (Å²) < 4.78 is 11.5. The second-order valence-corrected chi connectivity index (χ2v) is 8.59. The number of hydrogen-bond acceptors (Lipinski definition) is 5. The van der Waals surface area contributed by atoms with E-state index in [2.05, 4.69) is 13.8 Å². The predicted octanol–water partition coefficient (Wildman–Crippen LogP) is 5.67. The largest absolute Gasteiger partial charge is 0.490 e. The van der Waals surface area contributed by atoms with E-state index in [1.165, 1.54) is 4.90 Å². The van der Waals surface area contributed by atoms with Crippen molar-refractivity contribution in [1.82, 2.24) is 4.90 Å². The molecule has 1 fully saturated rings. The van der Waals surface area contributed by atoms with Gasteiger partial charge in [-0.2, -0.15) is 0 Å². The molecule has 0 bridgehead atoms. The molecule has 0 aliphatic carbocycles. The number of amides is 2. The Labute approximate surface area is 182 Å². The number of rotatable bonds is 8. The SMILES string of the molecule is CCOc1cc(/C=C2\SC(=O)N(Cc3ccc(C)cc3)C2=O)ccc1OCC(C)C. The third-order valence-corrected chi connectivity index (χ3v) is 5.38. The van der Waals surface area contributed by atoms with Gasteiger partial charge in [-0.15, -0.1) is 0 Å². The molecule has 5 nitrogen and oxygen atoms in total. The molecule has 0 radical (unpaired) electrons. The summed E-state index contributed by atoms with van der Waals surface area (Å²) in [5.74, 6) is 1.43. The number of carbonyl (C=O) groups excluding carboxylic acids is 2. The van der Waals surface area contributed by atoms with Crippen molar-refractivity contribution in [3.63, 3.8) is 0 Å². The van der Waals surface area contributed by atoms with Gasteiger partial charge in [0.25, 0.3) is 11.1 Å². The summed E-state index contributed by atoms with van der Waals surface area (Å²) in [7, 11) is 0. The molecule has 1 aliphatic heterocycles. The average molecular weight is 426 g/mol. The molecule has 2 aromatic rings. The first-order valence-corrected chi connectivity index (χ1v) is 10.9. The molecule has 2 aromatic carbocycles. The fourth-order valence-corrected chi connectivity index (χ4v) is 3.76. The summed E-state index contributed by atoms with van der Waals surface area (Å²) in [6.45, 7) is 9.46. The highest BCUT2D eigenvalue weighted by atomic mass is 32.2. The van der Waals surface area contributed by atoms with Crippen LogP contribution in [0.3, 0.4) is 0 Å². The van der Waals surface area contributed by atoms with Gasteiger partial charge in [-0.3, -0.25) is 14.5 Å². The van der Waals surface area contributed by atoms with E-state index in [-0.39, 0.29) is 17.7 Å². The fraction of sp³-hybridized carbons (Fsp3) is 0.333. The van der Waals surface area contributed by atoms with Crippen molar-refractivity contribution >= 4 is 29.0 Å². The molecule has 6 heteroatoms. The molecule has 1 heterocycles. The van der Waals surface area contributed by atoms with Crippen molar-refractivity contribution in [2.24, 2.45) is 5.92 Å². The van der Waals surface area contributed by atoms with E-state index >= 15 is 0 Å². The van der Waals surface area contributed by atoms with E-state index in [1.807, 2.05) is 56.3 Å². The van der Waals surface area contributed by atoms with Crippen molar-refractivity contribution in [2.75, 3.05) is 13.2 Å². The van der Waals surface area contributed by atoms with Crippen LogP contribution in [0.15, 0.2) is 47.4 Å². The van der Waals surface area contributed by atoms with Crippen LogP contribution >= 0.6 is 11.8 Å². The normalized spacial score (nSPS) is 15.4. The highest BCUT2D eigenvalue weighted by Gasteiger charge is 2.35. The first-order chi connectivity index (χ1) is 14.4. The Balaban J connectivity index is 1.78. The molecule has 0 saturated carbocycles. The Hall–Kier alpha value is -2.73. The van der Waals surface area contributed by atoms with Crippen LogP contribution in [0.1, 0.15) is 37.5 Å². The molecule has 1 aliphatic rings. The molecular formula is C24H27NO4S. The standard InChI is InChI=1S/C24H27NO4S/c1-5-28-21-12-19(10-11-20(21)29-15-16(2)3)13-22-23(26)25(24(27)30-22)14-18-8-6-17(4)7-9-18/h6-13,16H,5,14-15H2,1-4H3/b22-13-. The highest BCUT2D eigenvalue weighted by Crippen LogP contribution is 2.35. The number of benzene rings is 2. The van der Waals surface area contributed by atoms with Gasteiger partial charge in [-0.25, -0.2) is 0 Å². The minimum absolute atomic E-state index is 0.256. The van der Waals surface area contributed by atoms with Gasteiger partial charge in [0.15, 0.2) is 11.5 Å². The van der Waals surface area contributed by atoms with Crippen molar-refractivity contribution in [3.05, 3.63) is 64.1 Å². The molecule has 0 N–H and O–H groups in total. The topological polar surface area (TPSA) is 55.8 Å². The quantitative estimate of drug-likeness (QED) is 0.511. The summed E-state index contributed by atoms with van der Waals surface area (Å²) in [5.41, 5.74) is 2.85. The van der Waals surface area contributed by atoms with Crippen molar-refractivity contribution in [1.29, 1.82) is 0 Å². The smallest absolute Gasteiger partial charge is 0.293 e. The zero-order chi connectivity index (χ0) is 21.7. The summed E-state index contributed by atoms with van der Waals surface area (Å²) in [4.78, 5) is 26.9. The number of ether oxygens (including phenoxy) is 2. The van der Waals surface area contributed by atoms with E-state index in [0.717, 1.165) is 28.5 Å². The molecular weight excluding hydrogens is 398 g/mol. The Bertz CT molecular complexity index is 950. The molecule has 30 heavy (non-hydrogen) atoms. The zero-order valence-corrected chi connectivity index (χ0v) is 18.6. The van der Waals surface area contributed by atoms with E-state index in [1.54, 1.807) is 6.08 Å². The molecule has 0 aromatic heterocycles.